The summed E-state index contributed by atoms with van der Waals surface area (Å²) in [4.78, 5) is 19.5. The summed E-state index contributed by atoms with van der Waals surface area (Å²) < 4.78 is 1.76. The summed E-state index contributed by atoms with van der Waals surface area (Å²) in [6, 6.07) is 11.4. The van der Waals surface area contributed by atoms with Crippen LogP contribution >= 0.6 is 0 Å². The molecule has 132 valence electrons. The van der Waals surface area contributed by atoms with Gasteiger partial charge in [0, 0.05) is 32.1 Å². The fourth-order valence-electron chi connectivity index (χ4n) is 4.43. The number of aryl methyl sites for hydroxylation is 1. The Hall–Kier alpha value is -2.21. The minimum atomic E-state index is 0.0900. The standard InChI is InChI=1S/C19H25N5O/c1-23-18(21-13-22-23)9-10-20-19(25)15-12-17(14-6-3-2-4-7-14)24-11-5-8-16(15)24/h2-4,6-7,13,15-17H,5,8-12H2,1H3,(H,20,25)/t15-,16+,17-/m0/s1. The molecule has 3 atom stereocenters. The van der Waals surface area contributed by atoms with Gasteiger partial charge in [-0.25, -0.2) is 4.98 Å². The smallest absolute Gasteiger partial charge is 0.224 e. The molecule has 0 saturated carbocycles. The Balaban J connectivity index is 1.40. The molecule has 25 heavy (non-hydrogen) atoms. The van der Waals surface area contributed by atoms with Crippen LogP contribution in [0, 0.1) is 5.92 Å². The Morgan fingerprint density at radius 2 is 2.16 bits per heavy atom. The second kappa shape index (κ2) is 6.96. The number of carbonyl (C=O) groups excluding carboxylic acids is 1. The van der Waals surface area contributed by atoms with Gasteiger partial charge in [0.2, 0.25) is 5.91 Å². The lowest BCUT2D eigenvalue weighted by Crippen LogP contribution is -2.38. The zero-order valence-electron chi connectivity index (χ0n) is 14.6. The van der Waals surface area contributed by atoms with Gasteiger partial charge in [0.05, 0.1) is 5.92 Å². The lowest BCUT2D eigenvalue weighted by atomic mass is 9.93. The monoisotopic (exact) mass is 339 g/mol. The van der Waals surface area contributed by atoms with Gasteiger partial charge in [-0.2, -0.15) is 5.10 Å². The van der Waals surface area contributed by atoms with Crippen molar-refractivity contribution in [2.45, 2.75) is 37.8 Å². The Morgan fingerprint density at radius 1 is 1.32 bits per heavy atom. The van der Waals surface area contributed by atoms with E-state index in [0.717, 1.165) is 25.2 Å². The number of amides is 1. The van der Waals surface area contributed by atoms with Gasteiger partial charge in [-0.3, -0.25) is 14.4 Å². The number of nitrogens with one attached hydrogen (secondary N) is 1. The predicted molar refractivity (Wildman–Crippen MR) is 94.7 cm³/mol. The molecule has 2 aliphatic heterocycles. The van der Waals surface area contributed by atoms with Crippen molar-refractivity contribution in [3.63, 3.8) is 0 Å². The van der Waals surface area contributed by atoms with Crippen LogP contribution in [0.15, 0.2) is 36.7 Å². The molecule has 2 aliphatic rings. The first kappa shape index (κ1) is 16.3. The zero-order chi connectivity index (χ0) is 17.2. The van der Waals surface area contributed by atoms with E-state index in [9.17, 15) is 4.79 Å². The van der Waals surface area contributed by atoms with Crippen LogP contribution in [0.5, 0.6) is 0 Å². The van der Waals surface area contributed by atoms with Gasteiger partial charge >= 0.3 is 0 Å². The van der Waals surface area contributed by atoms with Gasteiger partial charge in [0.1, 0.15) is 12.2 Å². The lowest BCUT2D eigenvalue weighted by molar-refractivity contribution is -0.125. The second-order valence-electron chi connectivity index (χ2n) is 7.06. The van der Waals surface area contributed by atoms with Crippen molar-refractivity contribution in [1.82, 2.24) is 25.0 Å². The molecule has 0 spiro atoms. The molecule has 2 saturated heterocycles. The van der Waals surface area contributed by atoms with Crippen molar-refractivity contribution in [3.05, 3.63) is 48.0 Å². The van der Waals surface area contributed by atoms with E-state index in [-0.39, 0.29) is 11.8 Å². The maximum absolute atomic E-state index is 12.8. The number of nitrogens with zero attached hydrogens (tertiary/aromatic N) is 4. The van der Waals surface area contributed by atoms with Crippen LogP contribution in [0.2, 0.25) is 0 Å². The molecule has 2 aromatic rings. The van der Waals surface area contributed by atoms with E-state index in [1.807, 2.05) is 7.05 Å². The van der Waals surface area contributed by atoms with Crippen LogP contribution < -0.4 is 5.32 Å². The number of hydrogen-bond donors (Lipinski definition) is 1. The first-order valence-electron chi connectivity index (χ1n) is 9.15. The zero-order valence-corrected chi connectivity index (χ0v) is 14.6. The largest absolute Gasteiger partial charge is 0.355 e. The first-order chi connectivity index (χ1) is 12.2. The van der Waals surface area contributed by atoms with Crippen molar-refractivity contribution in [2.75, 3.05) is 13.1 Å². The predicted octanol–water partition coefficient (Wildman–Crippen LogP) is 1.70. The van der Waals surface area contributed by atoms with Crippen LogP contribution in [-0.4, -0.2) is 44.7 Å². The van der Waals surface area contributed by atoms with Gasteiger partial charge < -0.3 is 5.32 Å². The summed E-state index contributed by atoms with van der Waals surface area (Å²) in [6.07, 6.45) is 5.51. The van der Waals surface area contributed by atoms with Gasteiger partial charge in [0.15, 0.2) is 0 Å². The quantitative estimate of drug-likeness (QED) is 0.901. The molecule has 6 nitrogen and oxygen atoms in total. The third kappa shape index (κ3) is 3.18. The highest BCUT2D eigenvalue weighted by atomic mass is 16.2. The Labute approximate surface area is 148 Å². The molecule has 1 N–H and O–H groups in total. The van der Waals surface area contributed by atoms with Crippen LogP contribution in [0.4, 0.5) is 0 Å². The van der Waals surface area contributed by atoms with E-state index in [1.165, 1.54) is 12.0 Å². The van der Waals surface area contributed by atoms with Gasteiger partial charge in [0.25, 0.3) is 0 Å². The molecule has 6 heteroatoms. The summed E-state index contributed by atoms with van der Waals surface area (Å²) in [5, 5.41) is 7.19. The lowest BCUT2D eigenvalue weighted by Gasteiger charge is -2.24. The minimum absolute atomic E-state index is 0.0900. The number of benzene rings is 1. The number of hydrogen-bond acceptors (Lipinski definition) is 4. The van der Waals surface area contributed by atoms with E-state index < -0.39 is 0 Å². The van der Waals surface area contributed by atoms with E-state index >= 15 is 0 Å². The highest BCUT2D eigenvalue weighted by Gasteiger charge is 2.46. The SMILES string of the molecule is Cn1ncnc1CCNC(=O)[C@H]1C[C@@H](c2ccccc2)N2CCC[C@H]12. The first-order valence-corrected chi connectivity index (χ1v) is 9.15. The highest BCUT2D eigenvalue weighted by Crippen LogP contribution is 2.44. The van der Waals surface area contributed by atoms with E-state index in [1.54, 1.807) is 11.0 Å². The maximum atomic E-state index is 12.8. The molecule has 0 unspecified atom stereocenters. The van der Waals surface area contributed by atoms with Gasteiger partial charge in [-0.05, 0) is 31.4 Å². The Bertz CT molecular complexity index is 728. The average molecular weight is 339 g/mol. The Morgan fingerprint density at radius 3 is 2.92 bits per heavy atom. The summed E-state index contributed by atoms with van der Waals surface area (Å²) >= 11 is 0. The molecule has 3 heterocycles. The molecule has 0 aliphatic carbocycles. The van der Waals surface area contributed by atoms with Crippen molar-refractivity contribution in [3.8, 4) is 0 Å². The molecule has 1 aromatic carbocycles. The van der Waals surface area contributed by atoms with Crippen LogP contribution in [0.25, 0.3) is 0 Å². The average Bonchev–Trinajstić information content (AvgIpc) is 3.32. The fraction of sp³-hybridized carbons (Fsp3) is 0.526. The fourth-order valence-corrected chi connectivity index (χ4v) is 4.43. The van der Waals surface area contributed by atoms with Crippen molar-refractivity contribution >= 4 is 5.91 Å². The molecule has 1 aromatic heterocycles. The summed E-state index contributed by atoms with van der Waals surface area (Å²) in [5.74, 6) is 1.18. The maximum Gasteiger partial charge on any atom is 0.224 e. The van der Waals surface area contributed by atoms with Crippen molar-refractivity contribution in [1.29, 1.82) is 0 Å². The number of rotatable bonds is 5. The second-order valence-corrected chi connectivity index (χ2v) is 7.06. The van der Waals surface area contributed by atoms with Crippen molar-refractivity contribution in [2.24, 2.45) is 13.0 Å². The molecular weight excluding hydrogens is 314 g/mol. The number of fused-ring (bicyclic) bond motifs is 1. The molecule has 0 radical (unpaired) electrons. The molecular formula is C19H25N5O. The van der Waals surface area contributed by atoms with Crippen molar-refractivity contribution < 1.29 is 4.79 Å². The normalized spacial score (nSPS) is 25.9. The third-order valence-electron chi connectivity index (χ3n) is 5.66. The summed E-state index contributed by atoms with van der Waals surface area (Å²) in [6.45, 7) is 1.72. The van der Waals surface area contributed by atoms with Gasteiger partial charge in [-0.1, -0.05) is 30.3 Å². The van der Waals surface area contributed by atoms with Crippen LogP contribution in [0.1, 0.15) is 36.7 Å². The topological polar surface area (TPSA) is 63.1 Å². The minimum Gasteiger partial charge on any atom is -0.355 e. The highest BCUT2D eigenvalue weighted by molar-refractivity contribution is 5.80. The molecule has 4 rings (SSSR count). The van der Waals surface area contributed by atoms with Gasteiger partial charge in [-0.15, -0.1) is 0 Å². The Kier molecular flexibility index (Phi) is 4.53. The molecule has 2 fully saturated rings. The number of aromatic nitrogens is 3. The molecule has 1 amide bonds. The van der Waals surface area contributed by atoms with Crippen LogP contribution in [-0.2, 0) is 18.3 Å². The third-order valence-corrected chi connectivity index (χ3v) is 5.66. The van der Waals surface area contributed by atoms with E-state index in [0.29, 0.717) is 25.0 Å². The summed E-state index contributed by atoms with van der Waals surface area (Å²) in [7, 11) is 1.88. The van der Waals surface area contributed by atoms with E-state index in [4.69, 9.17) is 0 Å². The van der Waals surface area contributed by atoms with E-state index in [2.05, 4.69) is 50.6 Å². The number of carbonyl (C=O) groups is 1. The summed E-state index contributed by atoms with van der Waals surface area (Å²) in [5.41, 5.74) is 1.34. The van der Waals surface area contributed by atoms with Crippen LogP contribution in [0.3, 0.4) is 0 Å². The molecule has 0 bridgehead atoms.